The minimum absolute atomic E-state index is 0.175. The fourth-order valence-corrected chi connectivity index (χ4v) is 2.97. The first kappa shape index (κ1) is 20.4. The number of aliphatic hydroxyl groups is 6. The lowest BCUT2D eigenvalue weighted by Crippen LogP contribution is -2.74. The van der Waals surface area contributed by atoms with Gasteiger partial charge in [0.2, 0.25) is 17.9 Å². The van der Waals surface area contributed by atoms with Crippen LogP contribution in [0.1, 0.15) is 20.3 Å². The molecule has 2 rings (SSSR count). The van der Waals surface area contributed by atoms with Crippen molar-refractivity contribution >= 4 is 5.91 Å². The van der Waals surface area contributed by atoms with Crippen LogP contribution < -0.4 is 5.32 Å². The highest BCUT2D eigenvalue weighted by Gasteiger charge is 2.57. The van der Waals surface area contributed by atoms with Crippen molar-refractivity contribution in [2.24, 2.45) is 0 Å². The molecule has 9 atom stereocenters. The van der Waals surface area contributed by atoms with Gasteiger partial charge in [0.15, 0.2) is 6.29 Å². The summed E-state index contributed by atoms with van der Waals surface area (Å²) in [4.78, 5) is 11.4. The number of carbonyl (C=O) groups is 1. The van der Waals surface area contributed by atoms with Crippen LogP contribution in [0.5, 0.6) is 0 Å². The van der Waals surface area contributed by atoms with E-state index in [0.29, 0.717) is 0 Å². The van der Waals surface area contributed by atoms with Crippen molar-refractivity contribution in [3.63, 3.8) is 0 Å². The van der Waals surface area contributed by atoms with Crippen molar-refractivity contribution in [1.82, 2.24) is 5.32 Å². The lowest BCUT2D eigenvalue weighted by Gasteiger charge is -2.49. The Morgan fingerprint density at radius 2 is 1.88 bits per heavy atom. The summed E-state index contributed by atoms with van der Waals surface area (Å²) in [5.74, 6) is -0.734. The molecule has 0 aromatic heterocycles. The van der Waals surface area contributed by atoms with Gasteiger partial charge in [0.1, 0.15) is 24.4 Å². The van der Waals surface area contributed by atoms with Crippen molar-refractivity contribution in [2.45, 2.75) is 75.2 Å². The van der Waals surface area contributed by atoms with E-state index in [0.717, 1.165) is 6.92 Å². The van der Waals surface area contributed by atoms with Crippen LogP contribution in [0, 0.1) is 0 Å². The van der Waals surface area contributed by atoms with Crippen LogP contribution >= 0.6 is 0 Å². The molecular formula is C14H25NO10. The summed E-state index contributed by atoms with van der Waals surface area (Å²) in [5.41, 5.74) is -2.52. The van der Waals surface area contributed by atoms with Crippen molar-refractivity contribution in [1.29, 1.82) is 0 Å². The van der Waals surface area contributed by atoms with Gasteiger partial charge in [-0.15, -0.1) is 0 Å². The minimum atomic E-state index is -2.52. The first-order chi connectivity index (χ1) is 11.6. The lowest BCUT2D eigenvalue weighted by atomic mass is 9.92. The van der Waals surface area contributed by atoms with E-state index >= 15 is 0 Å². The molecule has 146 valence electrons. The molecule has 1 unspecified atom stereocenters. The van der Waals surface area contributed by atoms with Crippen LogP contribution in [0.15, 0.2) is 0 Å². The van der Waals surface area contributed by atoms with Crippen LogP contribution in [-0.2, 0) is 19.0 Å². The Morgan fingerprint density at radius 1 is 1.24 bits per heavy atom. The number of amides is 1. The molecule has 7 N–H and O–H groups in total. The molecule has 2 saturated heterocycles. The fraction of sp³-hybridized carbons (Fsp3) is 0.929. The second-order valence-corrected chi connectivity index (χ2v) is 6.33. The normalized spacial score (nSPS) is 48.2. The molecule has 2 aliphatic rings. The SMILES string of the molecule is CC(=O)N[C@]1(O)C(O)O[C@H](CO)[C@@H](O)[C@@H]1O[C@H]1C[C@H](O)[C@H](O)[C@H](C)O1. The molecule has 0 spiro atoms. The average molecular weight is 367 g/mol. The Hall–Kier alpha value is -0.890. The first-order valence-electron chi connectivity index (χ1n) is 7.90. The molecule has 11 nitrogen and oxygen atoms in total. The van der Waals surface area contributed by atoms with Crippen LogP contribution in [0.25, 0.3) is 0 Å². The summed E-state index contributed by atoms with van der Waals surface area (Å²) in [6.45, 7) is 1.89. The van der Waals surface area contributed by atoms with Crippen LogP contribution in [0.2, 0.25) is 0 Å². The molecule has 2 fully saturated rings. The smallest absolute Gasteiger partial charge is 0.219 e. The molecule has 1 amide bonds. The van der Waals surface area contributed by atoms with Crippen molar-refractivity contribution in [3.8, 4) is 0 Å². The highest BCUT2D eigenvalue weighted by molar-refractivity contribution is 5.73. The molecule has 0 radical (unpaired) electrons. The Balaban J connectivity index is 2.23. The van der Waals surface area contributed by atoms with E-state index in [1.54, 1.807) is 0 Å². The van der Waals surface area contributed by atoms with E-state index < -0.39 is 67.4 Å². The highest BCUT2D eigenvalue weighted by Crippen LogP contribution is 2.32. The number of rotatable bonds is 4. The Morgan fingerprint density at radius 3 is 2.40 bits per heavy atom. The van der Waals surface area contributed by atoms with Gasteiger partial charge in [-0.25, -0.2) is 0 Å². The number of hydrogen-bond acceptors (Lipinski definition) is 10. The van der Waals surface area contributed by atoms with Gasteiger partial charge >= 0.3 is 0 Å². The second kappa shape index (κ2) is 7.78. The molecule has 2 aliphatic heterocycles. The number of carbonyl (C=O) groups excluding carboxylic acids is 1. The quantitative estimate of drug-likeness (QED) is 0.243. The summed E-state index contributed by atoms with van der Waals surface area (Å²) in [6, 6.07) is 0. The number of ether oxygens (including phenoxy) is 3. The van der Waals surface area contributed by atoms with E-state index in [1.165, 1.54) is 6.92 Å². The summed E-state index contributed by atoms with van der Waals surface area (Å²) in [5, 5.41) is 61.8. The first-order valence-corrected chi connectivity index (χ1v) is 7.90. The zero-order chi connectivity index (χ0) is 18.9. The number of hydrogen-bond donors (Lipinski definition) is 7. The molecule has 11 heteroatoms. The standard InChI is InChI=1S/C14H25NO10/c1-5-10(19)7(18)3-9(23-5)25-12-11(20)8(4-16)24-13(21)14(12,22)15-6(2)17/h5,7-13,16,18-22H,3-4H2,1-2H3,(H,15,17)/t5-,7-,8+,9-,10+,11+,12-,13?,14+/m0/s1. The summed E-state index contributed by atoms with van der Waals surface area (Å²) >= 11 is 0. The third kappa shape index (κ3) is 4.10. The zero-order valence-electron chi connectivity index (χ0n) is 13.8. The Bertz CT molecular complexity index is 467. The minimum Gasteiger partial charge on any atom is -0.394 e. The Kier molecular flexibility index (Phi) is 6.35. The van der Waals surface area contributed by atoms with E-state index in [2.05, 4.69) is 5.32 Å². The molecule has 2 heterocycles. The summed E-state index contributed by atoms with van der Waals surface area (Å²) < 4.78 is 15.8. The van der Waals surface area contributed by atoms with E-state index in [-0.39, 0.29) is 6.42 Å². The van der Waals surface area contributed by atoms with Gasteiger partial charge in [-0.1, -0.05) is 0 Å². The van der Waals surface area contributed by atoms with Crippen molar-refractivity contribution < 1.29 is 49.6 Å². The lowest BCUT2D eigenvalue weighted by molar-refractivity contribution is -0.370. The molecule has 0 aromatic rings. The summed E-state index contributed by atoms with van der Waals surface area (Å²) in [6.07, 6.45) is -11.0. The van der Waals surface area contributed by atoms with Gasteiger partial charge in [-0.05, 0) is 6.92 Å². The maximum absolute atomic E-state index is 11.4. The third-order valence-corrected chi connectivity index (χ3v) is 4.34. The molecule has 0 aromatic carbocycles. The average Bonchev–Trinajstić information content (AvgIpc) is 2.52. The van der Waals surface area contributed by atoms with E-state index in [1.807, 2.05) is 0 Å². The van der Waals surface area contributed by atoms with E-state index in [4.69, 9.17) is 14.2 Å². The second-order valence-electron chi connectivity index (χ2n) is 6.33. The molecular weight excluding hydrogens is 342 g/mol. The number of aliphatic hydroxyl groups excluding tert-OH is 5. The predicted molar refractivity (Wildman–Crippen MR) is 78.6 cm³/mol. The number of nitrogens with one attached hydrogen (secondary N) is 1. The zero-order valence-corrected chi connectivity index (χ0v) is 13.8. The molecule has 0 aliphatic carbocycles. The van der Waals surface area contributed by atoms with Crippen LogP contribution in [0.4, 0.5) is 0 Å². The van der Waals surface area contributed by atoms with Crippen molar-refractivity contribution in [2.75, 3.05) is 6.61 Å². The van der Waals surface area contributed by atoms with Gasteiger partial charge in [-0.3, -0.25) is 4.79 Å². The predicted octanol–water partition coefficient (Wildman–Crippen LogP) is -3.88. The Labute approximate surface area is 143 Å². The van der Waals surface area contributed by atoms with Crippen molar-refractivity contribution in [3.05, 3.63) is 0 Å². The molecule has 0 saturated carbocycles. The van der Waals surface area contributed by atoms with E-state index in [9.17, 15) is 35.4 Å². The topological polar surface area (TPSA) is 178 Å². The fourth-order valence-electron chi connectivity index (χ4n) is 2.97. The molecule has 0 bridgehead atoms. The largest absolute Gasteiger partial charge is 0.394 e. The van der Waals surface area contributed by atoms with Gasteiger partial charge in [0.05, 0.1) is 18.8 Å². The van der Waals surface area contributed by atoms with Gasteiger partial charge in [0.25, 0.3) is 0 Å². The van der Waals surface area contributed by atoms with Crippen LogP contribution in [0.3, 0.4) is 0 Å². The monoisotopic (exact) mass is 367 g/mol. The highest BCUT2D eigenvalue weighted by atomic mass is 16.7. The van der Waals surface area contributed by atoms with Crippen LogP contribution in [-0.4, -0.2) is 98.1 Å². The van der Waals surface area contributed by atoms with Gasteiger partial charge in [0, 0.05) is 13.3 Å². The maximum atomic E-state index is 11.4. The van der Waals surface area contributed by atoms with Gasteiger partial charge in [-0.2, -0.15) is 0 Å². The maximum Gasteiger partial charge on any atom is 0.219 e. The summed E-state index contributed by atoms with van der Waals surface area (Å²) in [7, 11) is 0. The van der Waals surface area contributed by atoms with Gasteiger partial charge < -0.3 is 50.2 Å². The molecule has 25 heavy (non-hydrogen) atoms. The third-order valence-electron chi connectivity index (χ3n) is 4.34.